The summed E-state index contributed by atoms with van der Waals surface area (Å²) < 4.78 is 5.43. The van der Waals surface area contributed by atoms with Crippen LogP contribution in [0.3, 0.4) is 0 Å². The normalized spacial score (nSPS) is 10.5. The van der Waals surface area contributed by atoms with Crippen LogP contribution in [0.4, 0.5) is 5.13 Å². The van der Waals surface area contributed by atoms with Crippen LogP contribution >= 0.6 is 22.9 Å². The maximum Gasteiger partial charge on any atom is 0.264 e. The van der Waals surface area contributed by atoms with Gasteiger partial charge in [-0.3, -0.25) is 10.1 Å². The summed E-state index contributed by atoms with van der Waals surface area (Å²) in [6.45, 7) is 2.04. The first-order valence-corrected chi connectivity index (χ1v) is 9.63. The van der Waals surface area contributed by atoms with Crippen LogP contribution in [-0.4, -0.2) is 17.5 Å². The van der Waals surface area contributed by atoms with Crippen LogP contribution in [-0.2, 0) is 11.2 Å². The molecule has 0 bridgehead atoms. The van der Waals surface area contributed by atoms with Crippen molar-refractivity contribution >= 4 is 34.0 Å². The molecule has 1 N–H and O–H groups in total. The summed E-state index contributed by atoms with van der Waals surface area (Å²) >= 11 is 7.39. The molecule has 4 nitrogen and oxygen atoms in total. The van der Waals surface area contributed by atoms with E-state index in [0.717, 1.165) is 24.1 Å². The van der Waals surface area contributed by atoms with E-state index in [1.807, 2.05) is 5.38 Å². The zero-order chi connectivity index (χ0) is 18.4. The number of thiazole rings is 1. The Kier molecular flexibility index (Phi) is 6.26. The predicted octanol–water partition coefficient (Wildman–Crippen LogP) is 5.43. The number of benzene rings is 2. The molecule has 0 atom stereocenters. The number of amides is 1. The second-order valence-electron chi connectivity index (χ2n) is 5.75. The number of aryl methyl sites for hydroxylation is 1. The first kappa shape index (κ1) is 18.4. The van der Waals surface area contributed by atoms with Gasteiger partial charge in [0.2, 0.25) is 0 Å². The fraction of sp³-hybridized carbons (Fsp3) is 0.200. The molecular formula is C20H19ClN2O2S. The van der Waals surface area contributed by atoms with Crippen LogP contribution in [0.25, 0.3) is 11.3 Å². The molecule has 134 valence electrons. The minimum atomic E-state index is -0.274. The Morgan fingerprint density at radius 2 is 1.96 bits per heavy atom. The Bertz CT molecular complexity index is 878. The zero-order valence-electron chi connectivity index (χ0n) is 14.4. The SMILES string of the molecule is CCCc1ccc(-c2csc(NC(=O)COc3ccccc3Cl)n2)cc1. The number of nitrogens with one attached hydrogen (secondary N) is 1. The van der Waals surface area contributed by atoms with Crippen molar-refractivity contribution in [3.8, 4) is 17.0 Å². The molecule has 1 amide bonds. The van der Waals surface area contributed by atoms with Crippen LogP contribution in [0.1, 0.15) is 18.9 Å². The molecule has 3 aromatic rings. The Morgan fingerprint density at radius 1 is 1.19 bits per heavy atom. The van der Waals surface area contributed by atoms with Gasteiger partial charge >= 0.3 is 0 Å². The van der Waals surface area contributed by atoms with E-state index in [-0.39, 0.29) is 12.5 Å². The largest absolute Gasteiger partial charge is 0.482 e. The van der Waals surface area contributed by atoms with Gasteiger partial charge in [-0.05, 0) is 24.1 Å². The number of carbonyl (C=O) groups excluding carboxylic acids is 1. The highest BCUT2D eigenvalue weighted by Crippen LogP contribution is 2.26. The van der Waals surface area contributed by atoms with Gasteiger partial charge in [-0.2, -0.15) is 0 Å². The van der Waals surface area contributed by atoms with E-state index in [1.165, 1.54) is 16.9 Å². The topological polar surface area (TPSA) is 51.2 Å². The van der Waals surface area contributed by atoms with E-state index in [0.29, 0.717) is 15.9 Å². The van der Waals surface area contributed by atoms with Crippen LogP contribution < -0.4 is 10.1 Å². The second-order valence-corrected chi connectivity index (χ2v) is 7.02. The lowest BCUT2D eigenvalue weighted by Crippen LogP contribution is -2.20. The molecule has 0 saturated carbocycles. The van der Waals surface area contributed by atoms with Crippen molar-refractivity contribution in [3.05, 3.63) is 64.5 Å². The third-order valence-electron chi connectivity index (χ3n) is 3.73. The minimum absolute atomic E-state index is 0.121. The van der Waals surface area contributed by atoms with Crippen molar-refractivity contribution in [1.82, 2.24) is 4.98 Å². The van der Waals surface area contributed by atoms with Crippen molar-refractivity contribution in [2.45, 2.75) is 19.8 Å². The van der Waals surface area contributed by atoms with Crippen LogP contribution in [0.5, 0.6) is 5.75 Å². The van der Waals surface area contributed by atoms with Crippen LogP contribution in [0.2, 0.25) is 5.02 Å². The number of carbonyl (C=O) groups is 1. The maximum atomic E-state index is 12.0. The second kappa shape index (κ2) is 8.83. The molecule has 1 aromatic heterocycles. The Labute approximate surface area is 161 Å². The smallest absolute Gasteiger partial charge is 0.264 e. The monoisotopic (exact) mass is 386 g/mol. The van der Waals surface area contributed by atoms with E-state index in [4.69, 9.17) is 16.3 Å². The first-order chi connectivity index (χ1) is 12.7. The number of nitrogens with zero attached hydrogens (tertiary/aromatic N) is 1. The number of hydrogen-bond donors (Lipinski definition) is 1. The summed E-state index contributed by atoms with van der Waals surface area (Å²) in [4.78, 5) is 16.5. The number of aromatic nitrogens is 1. The molecule has 6 heteroatoms. The third kappa shape index (κ3) is 4.84. The molecule has 0 radical (unpaired) electrons. The molecule has 0 aliphatic heterocycles. The third-order valence-corrected chi connectivity index (χ3v) is 4.80. The van der Waals surface area contributed by atoms with Gasteiger partial charge in [0.1, 0.15) is 5.75 Å². The van der Waals surface area contributed by atoms with E-state index < -0.39 is 0 Å². The quantitative estimate of drug-likeness (QED) is 0.588. The summed E-state index contributed by atoms with van der Waals surface area (Å²) in [6.07, 6.45) is 2.20. The molecule has 0 unspecified atom stereocenters. The lowest BCUT2D eigenvalue weighted by Gasteiger charge is -2.07. The van der Waals surface area contributed by atoms with Gasteiger partial charge in [-0.1, -0.05) is 61.3 Å². The molecule has 1 heterocycles. The Balaban J connectivity index is 1.57. The van der Waals surface area contributed by atoms with Gasteiger partial charge in [-0.15, -0.1) is 11.3 Å². The summed E-state index contributed by atoms with van der Waals surface area (Å²) in [5.41, 5.74) is 3.20. The van der Waals surface area contributed by atoms with E-state index >= 15 is 0 Å². The molecule has 3 rings (SSSR count). The van der Waals surface area contributed by atoms with E-state index in [9.17, 15) is 4.79 Å². The van der Waals surface area contributed by atoms with Crippen molar-refractivity contribution in [2.75, 3.05) is 11.9 Å². The Hall–Kier alpha value is -2.37. The highest BCUT2D eigenvalue weighted by Gasteiger charge is 2.10. The predicted molar refractivity (Wildman–Crippen MR) is 107 cm³/mol. The fourth-order valence-corrected chi connectivity index (χ4v) is 3.38. The number of halogens is 1. The summed E-state index contributed by atoms with van der Waals surface area (Å²) in [5.74, 6) is 0.209. The molecule has 0 aliphatic carbocycles. The average Bonchev–Trinajstić information content (AvgIpc) is 3.10. The number of para-hydroxylation sites is 1. The van der Waals surface area contributed by atoms with Gasteiger partial charge in [0.25, 0.3) is 5.91 Å². The van der Waals surface area contributed by atoms with Crippen molar-refractivity contribution in [2.24, 2.45) is 0 Å². The van der Waals surface area contributed by atoms with Gasteiger partial charge < -0.3 is 4.74 Å². The van der Waals surface area contributed by atoms with Crippen LogP contribution in [0, 0.1) is 0 Å². The van der Waals surface area contributed by atoms with Crippen LogP contribution in [0.15, 0.2) is 53.9 Å². The summed E-state index contributed by atoms with van der Waals surface area (Å²) in [7, 11) is 0. The van der Waals surface area contributed by atoms with Crippen molar-refractivity contribution in [3.63, 3.8) is 0 Å². The molecule has 0 fully saturated rings. The van der Waals surface area contributed by atoms with E-state index in [2.05, 4.69) is 41.5 Å². The number of anilines is 1. The maximum absolute atomic E-state index is 12.0. The molecule has 2 aromatic carbocycles. The summed E-state index contributed by atoms with van der Waals surface area (Å²) in [5, 5.41) is 5.71. The van der Waals surface area contributed by atoms with Crippen molar-refractivity contribution < 1.29 is 9.53 Å². The molecular weight excluding hydrogens is 368 g/mol. The summed E-state index contributed by atoms with van der Waals surface area (Å²) in [6, 6.07) is 15.4. The standard InChI is InChI=1S/C20H19ClN2O2S/c1-2-5-14-8-10-15(11-9-14)17-13-26-20(22-17)23-19(24)12-25-18-7-4-3-6-16(18)21/h3-4,6-11,13H,2,5,12H2,1H3,(H,22,23,24). The highest BCUT2D eigenvalue weighted by atomic mass is 35.5. The average molecular weight is 387 g/mol. The molecule has 0 saturated heterocycles. The number of hydrogen-bond acceptors (Lipinski definition) is 4. The van der Waals surface area contributed by atoms with Gasteiger partial charge in [-0.25, -0.2) is 4.98 Å². The Morgan fingerprint density at radius 3 is 2.69 bits per heavy atom. The molecule has 26 heavy (non-hydrogen) atoms. The zero-order valence-corrected chi connectivity index (χ0v) is 15.9. The minimum Gasteiger partial charge on any atom is -0.482 e. The highest BCUT2D eigenvalue weighted by molar-refractivity contribution is 7.14. The first-order valence-electron chi connectivity index (χ1n) is 8.37. The molecule has 0 spiro atoms. The van der Waals surface area contributed by atoms with Gasteiger partial charge in [0.05, 0.1) is 10.7 Å². The lowest BCUT2D eigenvalue weighted by atomic mass is 10.1. The number of ether oxygens (including phenoxy) is 1. The van der Waals surface area contributed by atoms with Gasteiger partial charge in [0.15, 0.2) is 11.7 Å². The lowest BCUT2D eigenvalue weighted by molar-refractivity contribution is -0.118. The van der Waals surface area contributed by atoms with Gasteiger partial charge in [0, 0.05) is 10.9 Å². The fourth-order valence-electron chi connectivity index (χ4n) is 2.46. The molecule has 0 aliphatic rings. The van der Waals surface area contributed by atoms with E-state index in [1.54, 1.807) is 24.3 Å². The number of rotatable bonds is 7. The van der Waals surface area contributed by atoms with Crippen molar-refractivity contribution in [1.29, 1.82) is 0 Å².